The highest BCUT2D eigenvalue weighted by Crippen LogP contribution is 2.39. The molecule has 0 N–H and O–H groups in total. The summed E-state index contributed by atoms with van der Waals surface area (Å²) in [5.74, 6) is 0.862. The Morgan fingerprint density at radius 2 is 0.804 bits per heavy atom. The van der Waals surface area contributed by atoms with Crippen molar-refractivity contribution in [1.29, 1.82) is 0 Å². The van der Waals surface area contributed by atoms with E-state index in [0.717, 1.165) is 72.4 Å². The van der Waals surface area contributed by atoms with Crippen LogP contribution in [0, 0.1) is 0 Å². The van der Waals surface area contributed by atoms with Crippen molar-refractivity contribution < 1.29 is 8.83 Å². The number of hydrogen-bond donors (Lipinski definition) is 0. The number of furan rings is 2. The first-order valence-corrected chi connectivity index (χ1v) is 17.2. The number of rotatable bonds is 6. The minimum absolute atomic E-state index is 0.862. The molecule has 10 aromatic rings. The normalized spacial score (nSPS) is 11.5. The molecule has 0 fully saturated rings. The molecule has 240 valence electrons. The molecule has 0 amide bonds. The molecule has 0 saturated carbocycles. The molecule has 0 aliphatic heterocycles. The molecule has 2 heterocycles. The fourth-order valence-corrected chi connectivity index (χ4v) is 7.23. The van der Waals surface area contributed by atoms with Gasteiger partial charge in [-0.25, -0.2) is 0 Å². The molecule has 51 heavy (non-hydrogen) atoms. The maximum Gasteiger partial charge on any atom is 0.135 e. The van der Waals surface area contributed by atoms with E-state index in [1.165, 1.54) is 21.9 Å². The molecule has 0 saturated heterocycles. The molecule has 0 atom stereocenters. The average molecular weight is 654 g/mol. The van der Waals surface area contributed by atoms with Crippen molar-refractivity contribution in [2.45, 2.75) is 0 Å². The zero-order valence-corrected chi connectivity index (χ0v) is 27.7. The molecule has 0 bridgehead atoms. The van der Waals surface area contributed by atoms with Gasteiger partial charge in [0, 0.05) is 38.8 Å². The van der Waals surface area contributed by atoms with Crippen molar-refractivity contribution in [3.8, 4) is 33.6 Å². The second-order valence-corrected chi connectivity index (χ2v) is 13.0. The first kappa shape index (κ1) is 29.1. The van der Waals surface area contributed by atoms with Gasteiger partial charge in [0.15, 0.2) is 0 Å². The molecule has 0 unspecified atom stereocenters. The van der Waals surface area contributed by atoms with Crippen molar-refractivity contribution in [1.82, 2.24) is 0 Å². The average Bonchev–Trinajstić information content (AvgIpc) is 3.80. The summed E-state index contributed by atoms with van der Waals surface area (Å²) in [4.78, 5) is 2.31. The van der Waals surface area contributed by atoms with Crippen molar-refractivity contribution >= 4 is 60.7 Å². The molecule has 10 rings (SSSR count). The molecule has 3 nitrogen and oxygen atoms in total. The Kier molecular flexibility index (Phi) is 6.81. The monoisotopic (exact) mass is 653 g/mol. The van der Waals surface area contributed by atoms with Gasteiger partial charge >= 0.3 is 0 Å². The fourth-order valence-electron chi connectivity index (χ4n) is 7.23. The van der Waals surface area contributed by atoms with Crippen molar-refractivity contribution in [3.63, 3.8) is 0 Å². The lowest BCUT2D eigenvalue weighted by atomic mass is 10.0. The number of benzene rings is 8. The van der Waals surface area contributed by atoms with E-state index in [2.05, 4.69) is 163 Å². The second-order valence-electron chi connectivity index (χ2n) is 13.0. The van der Waals surface area contributed by atoms with Gasteiger partial charge in [0.1, 0.15) is 22.5 Å². The predicted molar refractivity (Wildman–Crippen MR) is 212 cm³/mol. The van der Waals surface area contributed by atoms with E-state index >= 15 is 0 Å². The van der Waals surface area contributed by atoms with Crippen LogP contribution in [0.25, 0.3) is 77.3 Å². The first-order valence-electron chi connectivity index (χ1n) is 17.2. The Morgan fingerprint density at radius 3 is 1.49 bits per heavy atom. The summed E-state index contributed by atoms with van der Waals surface area (Å²) in [6, 6.07) is 66.4. The Morgan fingerprint density at radius 1 is 0.294 bits per heavy atom. The molecule has 0 aliphatic carbocycles. The Balaban J connectivity index is 1.02. The van der Waals surface area contributed by atoms with E-state index in [-0.39, 0.29) is 0 Å². The summed E-state index contributed by atoms with van der Waals surface area (Å²) in [7, 11) is 0. The van der Waals surface area contributed by atoms with Gasteiger partial charge in [0.2, 0.25) is 0 Å². The highest BCUT2D eigenvalue weighted by molar-refractivity contribution is 6.06. The maximum absolute atomic E-state index is 6.19. The van der Waals surface area contributed by atoms with Crippen LogP contribution in [0.5, 0.6) is 0 Å². The van der Waals surface area contributed by atoms with Gasteiger partial charge < -0.3 is 13.7 Å². The number of fused-ring (bicyclic) bond motifs is 5. The van der Waals surface area contributed by atoms with E-state index in [0.29, 0.717) is 0 Å². The van der Waals surface area contributed by atoms with E-state index in [1.807, 2.05) is 30.3 Å². The molecule has 0 radical (unpaired) electrons. The minimum Gasteiger partial charge on any atom is -0.456 e. The van der Waals surface area contributed by atoms with Crippen molar-refractivity contribution in [2.75, 3.05) is 4.90 Å². The fraction of sp³-hybridized carbons (Fsp3) is 0. The van der Waals surface area contributed by atoms with Crippen LogP contribution in [0.1, 0.15) is 0 Å². The van der Waals surface area contributed by atoms with Gasteiger partial charge in [-0.15, -0.1) is 0 Å². The summed E-state index contributed by atoms with van der Waals surface area (Å²) < 4.78 is 12.3. The summed E-state index contributed by atoms with van der Waals surface area (Å²) in [5, 5.41) is 5.85. The SMILES string of the molecule is c1ccc2cc(-c3ccc(N(c4ccc(-c5ccc6oc7ccccc7c6c5)cc4)c4ccc(-c5cc6ccccc6o5)cc4)cc3)ccc2c1. The highest BCUT2D eigenvalue weighted by Gasteiger charge is 2.15. The molecule has 2 aromatic heterocycles. The van der Waals surface area contributed by atoms with Crippen LogP contribution < -0.4 is 4.90 Å². The minimum atomic E-state index is 0.862. The van der Waals surface area contributed by atoms with Gasteiger partial charge in [-0.1, -0.05) is 103 Å². The quantitative estimate of drug-likeness (QED) is 0.179. The molecule has 3 heteroatoms. The van der Waals surface area contributed by atoms with E-state index in [9.17, 15) is 0 Å². The zero-order chi connectivity index (χ0) is 33.7. The lowest BCUT2D eigenvalue weighted by Crippen LogP contribution is -2.09. The third kappa shape index (κ3) is 5.24. The van der Waals surface area contributed by atoms with Crippen molar-refractivity contribution in [3.05, 3.63) is 188 Å². The molecule has 8 aromatic carbocycles. The molecule has 0 spiro atoms. The smallest absolute Gasteiger partial charge is 0.135 e. The molecule has 0 aliphatic rings. The van der Waals surface area contributed by atoms with Gasteiger partial charge in [-0.05, 0) is 118 Å². The van der Waals surface area contributed by atoms with Crippen LogP contribution in [-0.2, 0) is 0 Å². The summed E-state index contributed by atoms with van der Waals surface area (Å²) in [6.07, 6.45) is 0. The summed E-state index contributed by atoms with van der Waals surface area (Å²) >= 11 is 0. The third-order valence-electron chi connectivity index (χ3n) is 9.88. The van der Waals surface area contributed by atoms with E-state index < -0.39 is 0 Å². The van der Waals surface area contributed by atoms with Crippen LogP contribution in [0.2, 0.25) is 0 Å². The number of hydrogen-bond acceptors (Lipinski definition) is 3. The van der Waals surface area contributed by atoms with E-state index in [1.54, 1.807) is 0 Å². The van der Waals surface area contributed by atoms with Crippen LogP contribution in [0.4, 0.5) is 17.1 Å². The first-order chi connectivity index (χ1) is 25.2. The summed E-state index contributed by atoms with van der Waals surface area (Å²) in [6.45, 7) is 0. The lowest BCUT2D eigenvalue weighted by molar-refractivity contribution is 0.631. The number of nitrogens with zero attached hydrogens (tertiary/aromatic N) is 1. The van der Waals surface area contributed by atoms with Crippen LogP contribution in [0.15, 0.2) is 197 Å². The third-order valence-corrected chi connectivity index (χ3v) is 9.88. The maximum atomic E-state index is 6.19. The molecular formula is C48H31NO2. The molecular weight excluding hydrogens is 623 g/mol. The van der Waals surface area contributed by atoms with Crippen LogP contribution >= 0.6 is 0 Å². The van der Waals surface area contributed by atoms with Gasteiger partial charge in [0.05, 0.1) is 0 Å². The van der Waals surface area contributed by atoms with Crippen LogP contribution in [0.3, 0.4) is 0 Å². The predicted octanol–water partition coefficient (Wildman–Crippen LogP) is 14.0. The topological polar surface area (TPSA) is 29.5 Å². The summed E-state index contributed by atoms with van der Waals surface area (Å²) in [5.41, 5.74) is 11.7. The zero-order valence-electron chi connectivity index (χ0n) is 27.7. The number of para-hydroxylation sites is 2. The largest absolute Gasteiger partial charge is 0.456 e. The Labute approximate surface area is 295 Å². The standard InChI is InChI=1S/C48H31NO2/c1-2-8-36-29-37(14-13-32(36)7-1)33-15-22-40(23-16-33)49(42-26-19-35(20-27-42)48-31-39-9-3-5-11-45(39)50-48)41-24-17-34(18-25-41)38-21-28-47-44(30-38)43-10-4-6-12-46(43)51-47/h1-31H. The van der Waals surface area contributed by atoms with E-state index in [4.69, 9.17) is 8.83 Å². The van der Waals surface area contributed by atoms with Gasteiger partial charge in [-0.2, -0.15) is 0 Å². The van der Waals surface area contributed by atoms with Gasteiger partial charge in [0.25, 0.3) is 0 Å². The van der Waals surface area contributed by atoms with Gasteiger partial charge in [-0.3, -0.25) is 0 Å². The van der Waals surface area contributed by atoms with Crippen molar-refractivity contribution in [2.24, 2.45) is 0 Å². The lowest BCUT2D eigenvalue weighted by Gasteiger charge is -2.26. The second kappa shape index (κ2) is 11.9. The number of anilines is 3. The Bertz CT molecular complexity index is 2810. The highest BCUT2D eigenvalue weighted by atomic mass is 16.3. The van der Waals surface area contributed by atoms with Crippen LogP contribution in [-0.4, -0.2) is 0 Å². The Hall–Kier alpha value is -6.84.